The van der Waals surface area contributed by atoms with E-state index in [0.717, 1.165) is 11.4 Å². The summed E-state index contributed by atoms with van der Waals surface area (Å²) in [6.07, 6.45) is 2.66. The molecule has 0 unspecified atom stereocenters. The van der Waals surface area contributed by atoms with Gasteiger partial charge in [-0.3, -0.25) is 4.79 Å². The molecule has 0 spiro atoms. The van der Waals surface area contributed by atoms with Crippen molar-refractivity contribution in [3.63, 3.8) is 0 Å². The van der Waals surface area contributed by atoms with Crippen LogP contribution in [0.3, 0.4) is 0 Å². The van der Waals surface area contributed by atoms with Crippen LogP contribution in [0.25, 0.3) is 5.82 Å². The summed E-state index contributed by atoms with van der Waals surface area (Å²) in [5, 5.41) is 13.5. The van der Waals surface area contributed by atoms with Crippen LogP contribution in [0, 0.1) is 19.8 Å². The molecule has 8 nitrogen and oxygen atoms in total. The normalized spacial score (nSPS) is 15.8. The van der Waals surface area contributed by atoms with E-state index in [0.29, 0.717) is 43.3 Å². The third kappa shape index (κ3) is 2.84. The molecule has 1 fully saturated rings. The van der Waals surface area contributed by atoms with Gasteiger partial charge in [0.25, 0.3) is 0 Å². The molecule has 23 heavy (non-hydrogen) atoms. The predicted molar refractivity (Wildman–Crippen MR) is 85.6 cm³/mol. The molecular weight excluding hydrogens is 296 g/mol. The Kier molecular flexibility index (Phi) is 3.89. The van der Waals surface area contributed by atoms with Crippen LogP contribution in [-0.2, 0) is 4.79 Å². The van der Waals surface area contributed by atoms with Gasteiger partial charge in [0.15, 0.2) is 11.6 Å². The largest absolute Gasteiger partial charge is 0.481 e. The summed E-state index contributed by atoms with van der Waals surface area (Å²) >= 11 is 0. The lowest BCUT2D eigenvalue weighted by Crippen LogP contribution is -2.37. The summed E-state index contributed by atoms with van der Waals surface area (Å²) in [5.74, 6) is 0.181. The molecular formula is C15H20N6O2. The van der Waals surface area contributed by atoms with E-state index in [1.54, 1.807) is 4.68 Å². The molecule has 2 aromatic heterocycles. The van der Waals surface area contributed by atoms with E-state index in [9.17, 15) is 4.79 Å². The molecule has 0 saturated carbocycles. The minimum atomic E-state index is -0.733. The molecule has 122 valence electrons. The van der Waals surface area contributed by atoms with Crippen molar-refractivity contribution < 1.29 is 9.90 Å². The number of carboxylic acids is 1. The smallest absolute Gasteiger partial charge is 0.306 e. The number of aromatic nitrogens is 4. The van der Waals surface area contributed by atoms with E-state index in [4.69, 9.17) is 10.8 Å². The molecule has 0 aliphatic carbocycles. The Labute approximate surface area is 134 Å². The van der Waals surface area contributed by atoms with Crippen molar-refractivity contribution in [3.05, 3.63) is 23.8 Å². The molecule has 0 aromatic carbocycles. The number of hydrogen-bond acceptors (Lipinski definition) is 6. The molecule has 0 radical (unpaired) electrons. The first-order chi connectivity index (χ1) is 11.0. The van der Waals surface area contributed by atoms with Gasteiger partial charge in [-0.15, -0.1) is 0 Å². The van der Waals surface area contributed by atoms with Gasteiger partial charge in [-0.25, -0.2) is 14.6 Å². The predicted octanol–water partition coefficient (Wildman–Crippen LogP) is 1.16. The first kappa shape index (κ1) is 15.3. The minimum Gasteiger partial charge on any atom is -0.481 e. The van der Waals surface area contributed by atoms with E-state index in [1.165, 1.54) is 6.33 Å². The van der Waals surface area contributed by atoms with Gasteiger partial charge in [-0.05, 0) is 32.8 Å². The fraction of sp³-hybridized carbons (Fsp3) is 0.467. The molecule has 3 heterocycles. The second kappa shape index (κ2) is 5.86. The van der Waals surface area contributed by atoms with Crippen molar-refractivity contribution in [1.82, 2.24) is 19.7 Å². The van der Waals surface area contributed by atoms with E-state index in [2.05, 4.69) is 15.1 Å². The van der Waals surface area contributed by atoms with Gasteiger partial charge in [-0.1, -0.05) is 0 Å². The number of nitrogens with two attached hydrogens (primary N) is 1. The lowest BCUT2D eigenvalue weighted by molar-refractivity contribution is -0.142. The van der Waals surface area contributed by atoms with Crippen molar-refractivity contribution >= 4 is 17.5 Å². The number of nitrogens with zero attached hydrogens (tertiary/aromatic N) is 5. The highest BCUT2D eigenvalue weighted by molar-refractivity contribution is 5.72. The van der Waals surface area contributed by atoms with Crippen molar-refractivity contribution in [2.75, 3.05) is 23.7 Å². The number of nitrogen functional groups attached to an aromatic ring is 1. The van der Waals surface area contributed by atoms with E-state index in [-0.39, 0.29) is 5.92 Å². The van der Waals surface area contributed by atoms with Gasteiger partial charge in [0, 0.05) is 18.8 Å². The number of aliphatic carboxylic acids is 1. The zero-order valence-corrected chi connectivity index (χ0v) is 13.2. The van der Waals surface area contributed by atoms with Crippen LogP contribution in [0.4, 0.5) is 11.5 Å². The quantitative estimate of drug-likeness (QED) is 0.874. The second-order valence-electron chi connectivity index (χ2n) is 5.87. The first-order valence-corrected chi connectivity index (χ1v) is 7.59. The third-order valence-corrected chi connectivity index (χ3v) is 4.20. The molecule has 1 aliphatic heterocycles. The SMILES string of the molecule is Cc1cc(C)n(-c2ncnc(N3CCC(C(=O)O)CC3)c2N)n1. The topological polar surface area (TPSA) is 110 Å². The van der Waals surface area contributed by atoms with Crippen LogP contribution in [-0.4, -0.2) is 43.9 Å². The molecule has 0 atom stereocenters. The highest BCUT2D eigenvalue weighted by atomic mass is 16.4. The average molecular weight is 316 g/mol. The van der Waals surface area contributed by atoms with Gasteiger partial charge in [0.1, 0.15) is 12.0 Å². The molecule has 3 rings (SSSR count). The molecule has 8 heteroatoms. The molecule has 0 bridgehead atoms. The summed E-state index contributed by atoms with van der Waals surface area (Å²) in [6, 6.07) is 1.96. The molecule has 1 aliphatic rings. The van der Waals surface area contributed by atoms with Crippen LogP contribution >= 0.6 is 0 Å². The van der Waals surface area contributed by atoms with Crippen LogP contribution in [0.15, 0.2) is 12.4 Å². The van der Waals surface area contributed by atoms with Gasteiger partial charge in [0.05, 0.1) is 11.6 Å². The minimum absolute atomic E-state index is 0.287. The Hall–Kier alpha value is -2.64. The summed E-state index contributed by atoms with van der Waals surface area (Å²) in [7, 11) is 0. The monoisotopic (exact) mass is 316 g/mol. The highest BCUT2D eigenvalue weighted by Crippen LogP contribution is 2.29. The second-order valence-corrected chi connectivity index (χ2v) is 5.87. The Balaban J connectivity index is 1.89. The molecule has 2 aromatic rings. The number of carboxylic acid groups (broad SMARTS) is 1. The van der Waals surface area contributed by atoms with Crippen molar-refractivity contribution in [2.45, 2.75) is 26.7 Å². The number of rotatable bonds is 3. The summed E-state index contributed by atoms with van der Waals surface area (Å²) < 4.78 is 1.71. The van der Waals surface area contributed by atoms with Crippen molar-refractivity contribution in [2.24, 2.45) is 5.92 Å². The molecule has 3 N–H and O–H groups in total. The van der Waals surface area contributed by atoms with E-state index in [1.807, 2.05) is 24.8 Å². The van der Waals surface area contributed by atoms with Crippen molar-refractivity contribution in [3.8, 4) is 5.82 Å². The molecule has 1 saturated heterocycles. The van der Waals surface area contributed by atoms with Crippen LogP contribution in [0.1, 0.15) is 24.2 Å². The maximum Gasteiger partial charge on any atom is 0.306 e. The number of aryl methyl sites for hydroxylation is 2. The number of hydrogen-bond donors (Lipinski definition) is 2. The lowest BCUT2D eigenvalue weighted by atomic mass is 9.97. The highest BCUT2D eigenvalue weighted by Gasteiger charge is 2.27. The summed E-state index contributed by atoms with van der Waals surface area (Å²) in [5.41, 5.74) is 8.58. The van der Waals surface area contributed by atoms with Crippen LogP contribution in [0.5, 0.6) is 0 Å². The lowest BCUT2D eigenvalue weighted by Gasteiger charge is -2.31. The van der Waals surface area contributed by atoms with Crippen LogP contribution < -0.4 is 10.6 Å². The zero-order chi connectivity index (χ0) is 16.6. The average Bonchev–Trinajstić information content (AvgIpc) is 2.86. The van der Waals surface area contributed by atoms with Gasteiger partial charge in [0.2, 0.25) is 0 Å². The number of piperidine rings is 1. The van der Waals surface area contributed by atoms with E-state index < -0.39 is 5.97 Å². The number of anilines is 2. The van der Waals surface area contributed by atoms with Crippen LogP contribution in [0.2, 0.25) is 0 Å². The Morgan fingerprint density at radius 3 is 2.48 bits per heavy atom. The fourth-order valence-corrected chi connectivity index (χ4v) is 2.98. The fourth-order valence-electron chi connectivity index (χ4n) is 2.98. The number of carbonyl (C=O) groups is 1. The summed E-state index contributed by atoms with van der Waals surface area (Å²) in [4.78, 5) is 21.6. The molecule has 0 amide bonds. The zero-order valence-electron chi connectivity index (χ0n) is 13.2. The van der Waals surface area contributed by atoms with Crippen molar-refractivity contribution in [1.29, 1.82) is 0 Å². The maximum absolute atomic E-state index is 11.1. The third-order valence-electron chi connectivity index (χ3n) is 4.20. The Morgan fingerprint density at radius 1 is 1.26 bits per heavy atom. The van der Waals surface area contributed by atoms with E-state index >= 15 is 0 Å². The standard InChI is InChI=1S/C15H20N6O2/c1-9-7-10(2)21(19-9)14-12(16)13(17-8-18-14)20-5-3-11(4-6-20)15(22)23/h7-8,11H,3-6,16H2,1-2H3,(H,22,23). The Bertz CT molecular complexity index is 734. The first-order valence-electron chi connectivity index (χ1n) is 7.59. The van der Waals surface area contributed by atoms with Gasteiger partial charge in [-0.2, -0.15) is 5.10 Å². The Morgan fingerprint density at radius 2 is 1.91 bits per heavy atom. The maximum atomic E-state index is 11.1. The van der Waals surface area contributed by atoms with Gasteiger partial charge >= 0.3 is 5.97 Å². The summed E-state index contributed by atoms with van der Waals surface area (Å²) in [6.45, 7) is 5.10. The van der Waals surface area contributed by atoms with Gasteiger partial charge < -0.3 is 15.7 Å².